The minimum Gasteiger partial charge on any atom is -0.309 e. The molecule has 10 aromatic rings. The Morgan fingerprint density at radius 1 is 0.451 bits per heavy atom. The van der Waals surface area contributed by atoms with Crippen LogP contribution in [0, 0.1) is 19.3 Å². The molecule has 2 nitrogen and oxygen atoms in total. The maximum Gasteiger partial charge on any atom is 0.0548 e. The number of benzene rings is 8. The highest BCUT2D eigenvalue weighted by atomic mass is 15.0. The molecule has 238 valence electrons. The highest BCUT2D eigenvalue weighted by Crippen LogP contribution is 2.44. The molecule has 2 heteroatoms. The summed E-state index contributed by atoms with van der Waals surface area (Å²) in [5.41, 5.74) is 11.8. The van der Waals surface area contributed by atoms with Crippen molar-refractivity contribution < 1.29 is 0 Å². The Hall–Kier alpha value is -6.82. The van der Waals surface area contributed by atoms with Gasteiger partial charge in [0.05, 0.1) is 22.1 Å². The third kappa shape index (κ3) is 4.32. The first-order valence-electron chi connectivity index (χ1n) is 17.4. The Morgan fingerprint density at radius 3 is 1.63 bits per heavy atom. The standard InChI is InChI=1S/C49H32N2/c1-3-4-19-38-32(2)37-20-11-12-21-39(37)40-26-24-33(30-43(38)40)34-25-27-42-47(31-34)51(36-17-9-6-10-18-36)46-29-28-45-48(49(42)46)41-22-13-14-23-44(41)50(45)35-15-7-5-8-16-35/h1,4-31H,2H3/b19-4-. The van der Waals surface area contributed by atoms with Gasteiger partial charge in [-0.15, -0.1) is 6.42 Å². The second-order valence-corrected chi connectivity index (χ2v) is 13.3. The van der Waals surface area contributed by atoms with E-state index >= 15 is 0 Å². The van der Waals surface area contributed by atoms with Crippen LogP contribution in [0.1, 0.15) is 11.1 Å². The SMILES string of the molecule is C#C/C=C\c1c(C)c2ccccc2c2ccc(-c3ccc4c5c6c7ccccc7n(-c7ccccc7)c6ccc5n(-c5ccccc5)c4c3)cc12. The Kier molecular flexibility index (Phi) is 6.50. The van der Waals surface area contributed by atoms with E-state index in [1.165, 1.54) is 87.4 Å². The van der Waals surface area contributed by atoms with Crippen molar-refractivity contribution in [3.05, 3.63) is 175 Å². The van der Waals surface area contributed by atoms with Crippen molar-refractivity contribution >= 4 is 71.2 Å². The van der Waals surface area contributed by atoms with Crippen LogP contribution in [0.5, 0.6) is 0 Å². The average Bonchev–Trinajstić information content (AvgIpc) is 3.71. The average molecular weight is 649 g/mol. The van der Waals surface area contributed by atoms with Crippen LogP contribution in [0.3, 0.4) is 0 Å². The van der Waals surface area contributed by atoms with Crippen LogP contribution in [0.2, 0.25) is 0 Å². The topological polar surface area (TPSA) is 9.86 Å². The van der Waals surface area contributed by atoms with Gasteiger partial charge in [0.15, 0.2) is 0 Å². The molecule has 0 bridgehead atoms. The number of allylic oxidation sites excluding steroid dienone is 1. The van der Waals surface area contributed by atoms with Crippen molar-refractivity contribution in [2.45, 2.75) is 6.92 Å². The first-order valence-corrected chi connectivity index (χ1v) is 17.4. The Labute approximate surface area is 296 Å². The molecule has 10 rings (SSSR count). The number of aryl methyl sites for hydroxylation is 1. The largest absolute Gasteiger partial charge is 0.309 e. The number of hydrogen-bond acceptors (Lipinski definition) is 0. The number of terminal acetylenes is 1. The molecule has 2 aromatic heterocycles. The molecule has 0 N–H and O–H groups in total. The van der Waals surface area contributed by atoms with Gasteiger partial charge in [-0.1, -0.05) is 109 Å². The van der Waals surface area contributed by atoms with Crippen LogP contribution in [0.25, 0.3) is 93.7 Å². The monoisotopic (exact) mass is 648 g/mol. The lowest BCUT2D eigenvalue weighted by Crippen LogP contribution is -1.94. The second-order valence-electron chi connectivity index (χ2n) is 13.3. The molecule has 0 amide bonds. The maximum atomic E-state index is 5.71. The summed E-state index contributed by atoms with van der Waals surface area (Å²) in [7, 11) is 0. The van der Waals surface area contributed by atoms with E-state index in [-0.39, 0.29) is 0 Å². The highest BCUT2D eigenvalue weighted by Gasteiger charge is 2.21. The fourth-order valence-electron chi connectivity index (χ4n) is 8.38. The van der Waals surface area contributed by atoms with Crippen molar-refractivity contribution in [2.24, 2.45) is 0 Å². The molecule has 51 heavy (non-hydrogen) atoms. The predicted molar refractivity (Wildman–Crippen MR) is 218 cm³/mol. The van der Waals surface area contributed by atoms with Gasteiger partial charge in [-0.05, 0) is 117 Å². The molecule has 0 spiro atoms. The molecule has 0 saturated carbocycles. The van der Waals surface area contributed by atoms with Gasteiger partial charge in [0.1, 0.15) is 0 Å². The van der Waals surface area contributed by atoms with E-state index in [9.17, 15) is 0 Å². The summed E-state index contributed by atoms with van der Waals surface area (Å²) in [6.45, 7) is 2.20. The van der Waals surface area contributed by atoms with E-state index in [0.717, 1.165) is 11.4 Å². The molecule has 0 aliphatic carbocycles. The minimum absolute atomic E-state index is 1.14. The molecular formula is C49H32N2. The summed E-state index contributed by atoms with van der Waals surface area (Å²) >= 11 is 0. The molecule has 0 unspecified atom stereocenters. The fourth-order valence-corrected chi connectivity index (χ4v) is 8.38. The van der Waals surface area contributed by atoms with Gasteiger partial charge in [0.2, 0.25) is 0 Å². The molecule has 0 fully saturated rings. The number of hydrogen-bond donors (Lipinski definition) is 0. The van der Waals surface area contributed by atoms with E-state index in [1.807, 2.05) is 6.08 Å². The normalized spacial score (nSPS) is 11.9. The van der Waals surface area contributed by atoms with Crippen LogP contribution in [-0.4, -0.2) is 9.13 Å². The lowest BCUT2D eigenvalue weighted by molar-refractivity contribution is 1.17. The number of aromatic nitrogens is 2. The van der Waals surface area contributed by atoms with Crippen molar-refractivity contribution in [1.82, 2.24) is 9.13 Å². The number of nitrogens with zero attached hydrogens (tertiary/aromatic N) is 2. The summed E-state index contributed by atoms with van der Waals surface area (Å²) in [6.07, 6.45) is 9.60. The zero-order chi connectivity index (χ0) is 34.1. The molecule has 2 heterocycles. The smallest absolute Gasteiger partial charge is 0.0548 e. The first kappa shape index (κ1) is 29.1. The molecule has 8 aromatic carbocycles. The molecule has 0 atom stereocenters. The van der Waals surface area contributed by atoms with E-state index in [1.54, 1.807) is 0 Å². The molecule has 0 aliphatic rings. The van der Waals surface area contributed by atoms with E-state index in [0.29, 0.717) is 0 Å². The summed E-state index contributed by atoms with van der Waals surface area (Å²) < 4.78 is 4.83. The molecule has 0 aliphatic heterocycles. The lowest BCUT2D eigenvalue weighted by Gasteiger charge is -2.14. The lowest BCUT2D eigenvalue weighted by atomic mass is 9.90. The minimum atomic E-state index is 1.14. The van der Waals surface area contributed by atoms with Gasteiger partial charge in [-0.2, -0.15) is 0 Å². The van der Waals surface area contributed by atoms with Crippen molar-refractivity contribution in [2.75, 3.05) is 0 Å². The van der Waals surface area contributed by atoms with Crippen molar-refractivity contribution in [3.63, 3.8) is 0 Å². The predicted octanol–water partition coefficient (Wildman–Crippen LogP) is 12.8. The van der Waals surface area contributed by atoms with E-state index in [4.69, 9.17) is 6.42 Å². The maximum absolute atomic E-state index is 5.71. The Balaban J connectivity index is 1.29. The highest BCUT2D eigenvalue weighted by molar-refractivity contribution is 6.29. The van der Waals surface area contributed by atoms with Gasteiger partial charge < -0.3 is 9.13 Å². The molecule has 0 radical (unpaired) electrons. The third-order valence-electron chi connectivity index (χ3n) is 10.6. The van der Waals surface area contributed by atoms with Gasteiger partial charge >= 0.3 is 0 Å². The van der Waals surface area contributed by atoms with Crippen LogP contribution in [-0.2, 0) is 0 Å². The zero-order valence-corrected chi connectivity index (χ0v) is 28.1. The quantitative estimate of drug-likeness (QED) is 0.133. The number of rotatable bonds is 4. The zero-order valence-electron chi connectivity index (χ0n) is 28.1. The van der Waals surface area contributed by atoms with E-state index < -0.39 is 0 Å². The number of fused-ring (bicyclic) bond motifs is 10. The van der Waals surface area contributed by atoms with Gasteiger partial charge in [0, 0.05) is 32.9 Å². The number of para-hydroxylation sites is 3. The third-order valence-corrected chi connectivity index (χ3v) is 10.6. The van der Waals surface area contributed by atoms with Gasteiger partial charge in [0.25, 0.3) is 0 Å². The molecule has 0 saturated heterocycles. The van der Waals surface area contributed by atoms with Crippen LogP contribution < -0.4 is 0 Å². The Bertz CT molecular complexity index is 3080. The van der Waals surface area contributed by atoms with Crippen molar-refractivity contribution in [3.8, 4) is 34.8 Å². The molecular weight excluding hydrogens is 617 g/mol. The summed E-state index contributed by atoms with van der Waals surface area (Å²) in [5, 5.41) is 9.98. The summed E-state index contributed by atoms with van der Waals surface area (Å²) in [4.78, 5) is 0. The van der Waals surface area contributed by atoms with Crippen LogP contribution in [0.15, 0.2) is 164 Å². The Morgan fingerprint density at radius 2 is 0.961 bits per heavy atom. The summed E-state index contributed by atoms with van der Waals surface area (Å²) in [6, 6.07) is 57.4. The van der Waals surface area contributed by atoms with Crippen LogP contribution in [0.4, 0.5) is 0 Å². The van der Waals surface area contributed by atoms with Gasteiger partial charge in [-0.25, -0.2) is 0 Å². The van der Waals surface area contributed by atoms with Crippen molar-refractivity contribution in [1.29, 1.82) is 0 Å². The second kappa shape index (κ2) is 11.4. The first-order chi connectivity index (χ1) is 25.2. The summed E-state index contributed by atoms with van der Waals surface area (Å²) in [5.74, 6) is 2.71. The van der Waals surface area contributed by atoms with Crippen LogP contribution >= 0.6 is 0 Å². The van der Waals surface area contributed by atoms with Gasteiger partial charge in [-0.3, -0.25) is 0 Å². The fraction of sp³-hybridized carbons (Fsp3) is 0.0204. The van der Waals surface area contributed by atoms with E-state index in [2.05, 4.69) is 186 Å².